The van der Waals surface area contributed by atoms with Gasteiger partial charge in [0.15, 0.2) is 0 Å². The van der Waals surface area contributed by atoms with Crippen LogP contribution in [-0.2, 0) is 6.54 Å². The largest absolute Gasteiger partial charge is 0.377 e. The molecule has 0 atom stereocenters. The van der Waals surface area contributed by atoms with E-state index in [2.05, 4.69) is 15.3 Å². The molecule has 0 aliphatic carbocycles. The fourth-order valence-corrected chi connectivity index (χ4v) is 1.60. The molecule has 1 N–H and O–H groups in total. The fraction of sp³-hybridized carbons (Fsp3) is 0.167. The van der Waals surface area contributed by atoms with Crippen LogP contribution in [0, 0.1) is 28.7 Å². The van der Waals surface area contributed by atoms with Gasteiger partial charge in [-0.3, -0.25) is 10.1 Å². The number of nitrogens with one attached hydrogen (secondary N) is 1. The van der Waals surface area contributed by atoms with E-state index in [1.54, 1.807) is 19.2 Å². The number of benzene rings is 1. The smallest absolute Gasteiger partial charge is 0.307 e. The topological polar surface area (TPSA) is 81.0 Å². The number of nitro groups is 1. The number of aromatic nitrogens is 2. The molecule has 0 saturated heterocycles. The van der Waals surface area contributed by atoms with Crippen molar-refractivity contribution < 1.29 is 13.7 Å². The van der Waals surface area contributed by atoms with Gasteiger partial charge in [0.2, 0.25) is 5.82 Å². The molecule has 1 aromatic carbocycles. The second-order valence-electron chi connectivity index (χ2n) is 3.99. The maximum Gasteiger partial charge on any atom is 0.307 e. The van der Waals surface area contributed by atoms with E-state index < -0.39 is 22.2 Å². The first kappa shape index (κ1) is 13.8. The monoisotopic (exact) mass is 280 g/mol. The summed E-state index contributed by atoms with van der Waals surface area (Å²) in [5.74, 6) is -1.57. The van der Waals surface area contributed by atoms with E-state index in [-0.39, 0.29) is 12.2 Å². The number of nitro benzene ring substituents is 1. The maximum atomic E-state index is 13.5. The minimum atomic E-state index is -1.21. The molecule has 1 heterocycles. The summed E-state index contributed by atoms with van der Waals surface area (Å²) in [6.07, 6.45) is 1.54. The molecule has 8 heteroatoms. The van der Waals surface area contributed by atoms with Gasteiger partial charge in [-0.25, -0.2) is 14.4 Å². The summed E-state index contributed by atoms with van der Waals surface area (Å²) in [5.41, 5.74) is -0.356. The molecule has 0 aliphatic rings. The van der Waals surface area contributed by atoms with Crippen molar-refractivity contribution in [3.05, 3.63) is 57.7 Å². The Morgan fingerprint density at radius 1 is 1.35 bits per heavy atom. The number of hydrogen-bond acceptors (Lipinski definition) is 5. The Kier molecular flexibility index (Phi) is 3.83. The Morgan fingerprint density at radius 3 is 2.75 bits per heavy atom. The van der Waals surface area contributed by atoms with Crippen molar-refractivity contribution in [1.29, 1.82) is 0 Å². The number of aryl methyl sites for hydroxylation is 1. The zero-order valence-corrected chi connectivity index (χ0v) is 10.4. The summed E-state index contributed by atoms with van der Waals surface area (Å²) >= 11 is 0. The molecule has 2 aromatic rings. The highest BCUT2D eigenvalue weighted by atomic mass is 19.1. The Bertz CT molecular complexity index is 664. The van der Waals surface area contributed by atoms with Gasteiger partial charge in [-0.1, -0.05) is 0 Å². The summed E-state index contributed by atoms with van der Waals surface area (Å²) in [7, 11) is 0. The number of halogens is 2. The lowest BCUT2D eigenvalue weighted by Gasteiger charge is -2.07. The van der Waals surface area contributed by atoms with Crippen LogP contribution >= 0.6 is 0 Å². The van der Waals surface area contributed by atoms with Crippen molar-refractivity contribution in [2.24, 2.45) is 0 Å². The number of anilines is 1. The standard InChI is InChI=1S/C12H10F2N4O2/c1-7-15-3-2-8(17-7)6-16-11-5-12(18(19)20)10(14)4-9(11)13/h2-5,16H,6H2,1H3. The molecule has 6 nitrogen and oxygen atoms in total. The number of rotatable bonds is 4. The molecular formula is C12H10F2N4O2. The molecule has 0 unspecified atom stereocenters. The lowest BCUT2D eigenvalue weighted by atomic mass is 10.2. The number of hydrogen-bond donors (Lipinski definition) is 1. The summed E-state index contributed by atoms with van der Waals surface area (Å²) in [4.78, 5) is 17.7. The predicted octanol–water partition coefficient (Wildman–Crippen LogP) is 2.58. The third-order valence-electron chi connectivity index (χ3n) is 2.53. The highest BCUT2D eigenvalue weighted by molar-refractivity contribution is 5.53. The molecule has 0 aliphatic heterocycles. The van der Waals surface area contributed by atoms with Crippen molar-refractivity contribution in [2.75, 3.05) is 5.32 Å². The van der Waals surface area contributed by atoms with Crippen LogP contribution in [0.5, 0.6) is 0 Å². The van der Waals surface area contributed by atoms with E-state index in [1.165, 1.54) is 0 Å². The second kappa shape index (κ2) is 5.55. The van der Waals surface area contributed by atoms with Crippen molar-refractivity contribution in [3.8, 4) is 0 Å². The fourth-order valence-electron chi connectivity index (χ4n) is 1.60. The SMILES string of the molecule is Cc1nccc(CNc2cc([N+](=O)[O-])c(F)cc2F)n1. The van der Waals surface area contributed by atoms with Crippen LogP contribution < -0.4 is 5.32 Å². The Morgan fingerprint density at radius 2 is 2.10 bits per heavy atom. The lowest BCUT2D eigenvalue weighted by Crippen LogP contribution is -2.06. The lowest BCUT2D eigenvalue weighted by molar-refractivity contribution is -0.387. The van der Waals surface area contributed by atoms with Gasteiger partial charge in [-0.15, -0.1) is 0 Å². The Labute approximate surface area is 112 Å². The maximum absolute atomic E-state index is 13.5. The third-order valence-corrected chi connectivity index (χ3v) is 2.53. The quantitative estimate of drug-likeness (QED) is 0.687. The van der Waals surface area contributed by atoms with Crippen LogP contribution in [0.2, 0.25) is 0 Å². The normalized spacial score (nSPS) is 10.3. The van der Waals surface area contributed by atoms with Gasteiger partial charge in [0.25, 0.3) is 0 Å². The first-order valence-electron chi connectivity index (χ1n) is 5.63. The molecular weight excluding hydrogens is 270 g/mol. The van der Waals surface area contributed by atoms with Gasteiger partial charge in [-0.2, -0.15) is 4.39 Å². The van der Waals surface area contributed by atoms with Crippen LogP contribution in [0.25, 0.3) is 0 Å². The van der Waals surface area contributed by atoms with Crippen LogP contribution in [0.4, 0.5) is 20.2 Å². The Hall–Kier alpha value is -2.64. The molecule has 0 saturated carbocycles. The number of nitrogens with zero attached hydrogens (tertiary/aromatic N) is 3. The van der Waals surface area contributed by atoms with Gasteiger partial charge in [0.05, 0.1) is 22.8 Å². The van der Waals surface area contributed by atoms with E-state index in [0.717, 1.165) is 6.07 Å². The summed E-state index contributed by atoms with van der Waals surface area (Å²) in [6, 6.07) is 2.92. The van der Waals surface area contributed by atoms with Crippen molar-refractivity contribution >= 4 is 11.4 Å². The summed E-state index contributed by atoms with van der Waals surface area (Å²) in [5, 5.41) is 13.2. The average molecular weight is 280 g/mol. The first-order chi connectivity index (χ1) is 9.47. The van der Waals surface area contributed by atoms with E-state index >= 15 is 0 Å². The molecule has 0 radical (unpaired) electrons. The average Bonchev–Trinajstić information content (AvgIpc) is 2.37. The van der Waals surface area contributed by atoms with E-state index in [4.69, 9.17) is 0 Å². The van der Waals surface area contributed by atoms with Crippen molar-refractivity contribution in [3.63, 3.8) is 0 Å². The highest BCUT2D eigenvalue weighted by Gasteiger charge is 2.18. The van der Waals surface area contributed by atoms with E-state index in [9.17, 15) is 18.9 Å². The first-order valence-corrected chi connectivity index (χ1v) is 5.63. The van der Waals surface area contributed by atoms with Gasteiger partial charge < -0.3 is 5.32 Å². The third kappa shape index (κ3) is 3.02. The van der Waals surface area contributed by atoms with Crippen molar-refractivity contribution in [1.82, 2.24) is 9.97 Å². The van der Waals surface area contributed by atoms with Crippen LogP contribution in [0.1, 0.15) is 11.5 Å². The molecule has 0 spiro atoms. The minimum absolute atomic E-state index is 0.142. The minimum Gasteiger partial charge on any atom is -0.377 e. The molecule has 0 fully saturated rings. The van der Waals surface area contributed by atoms with Crippen molar-refractivity contribution in [2.45, 2.75) is 13.5 Å². The summed E-state index contributed by atoms with van der Waals surface area (Å²) < 4.78 is 26.7. The zero-order chi connectivity index (χ0) is 14.7. The van der Waals surface area contributed by atoms with Gasteiger partial charge in [-0.05, 0) is 13.0 Å². The van der Waals surface area contributed by atoms with Crippen LogP contribution in [0.15, 0.2) is 24.4 Å². The Balaban J connectivity index is 2.21. The summed E-state index contributed by atoms with van der Waals surface area (Å²) in [6.45, 7) is 1.84. The molecule has 0 amide bonds. The molecule has 0 bridgehead atoms. The van der Waals surface area contributed by atoms with Gasteiger partial charge in [0, 0.05) is 18.3 Å². The second-order valence-corrected chi connectivity index (χ2v) is 3.99. The van der Waals surface area contributed by atoms with Crippen LogP contribution in [0.3, 0.4) is 0 Å². The zero-order valence-electron chi connectivity index (χ0n) is 10.4. The molecule has 20 heavy (non-hydrogen) atoms. The van der Waals surface area contributed by atoms with Crippen LogP contribution in [-0.4, -0.2) is 14.9 Å². The van der Waals surface area contributed by atoms with Gasteiger partial charge in [0.1, 0.15) is 11.6 Å². The predicted molar refractivity (Wildman–Crippen MR) is 67.1 cm³/mol. The van der Waals surface area contributed by atoms with E-state index in [0.29, 0.717) is 17.6 Å². The molecule has 104 valence electrons. The van der Waals surface area contributed by atoms with E-state index in [1.807, 2.05) is 0 Å². The highest BCUT2D eigenvalue weighted by Crippen LogP contribution is 2.25. The molecule has 2 rings (SSSR count). The van der Waals surface area contributed by atoms with Gasteiger partial charge >= 0.3 is 5.69 Å². The molecule has 1 aromatic heterocycles.